The minimum atomic E-state index is -3.77. The topological polar surface area (TPSA) is 97.0 Å². The monoisotopic (exact) mass is 433 g/mol. The van der Waals surface area contributed by atoms with Gasteiger partial charge >= 0.3 is 0 Å². The van der Waals surface area contributed by atoms with Gasteiger partial charge in [0.25, 0.3) is 0 Å². The average molecular weight is 434 g/mol. The van der Waals surface area contributed by atoms with E-state index in [1.165, 1.54) is 17.5 Å². The molecule has 0 bridgehead atoms. The summed E-state index contributed by atoms with van der Waals surface area (Å²) in [6, 6.07) is 10.4. The van der Waals surface area contributed by atoms with Gasteiger partial charge in [0.1, 0.15) is 10.6 Å². The predicted molar refractivity (Wildman–Crippen MR) is 116 cm³/mol. The molecule has 1 saturated heterocycles. The standard InChI is InChI=1S/C21H27N3O5S/c1-15-5-4-6-18(16(15)2)22-14-21(25)23-17-7-8-19(28-3)20(13-17)30(26,27)24-9-11-29-12-10-24/h4-8,13,22H,9-12,14H2,1-3H3,(H,23,25). The lowest BCUT2D eigenvalue weighted by Crippen LogP contribution is -2.40. The number of aryl methyl sites for hydroxylation is 1. The summed E-state index contributed by atoms with van der Waals surface area (Å²) >= 11 is 0. The van der Waals surface area contributed by atoms with E-state index in [0.717, 1.165) is 16.8 Å². The van der Waals surface area contributed by atoms with Gasteiger partial charge in [-0.15, -0.1) is 0 Å². The van der Waals surface area contributed by atoms with Crippen molar-refractivity contribution >= 4 is 27.3 Å². The lowest BCUT2D eigenvalue weighted by molar-refractivity contribution is -0.114. The zero-order valence-electron chi connectivity index (χ0n) is 17.4. The number of nitrogens with zero attached hydrogens (tertiary/aromatic N) is 1. The van der Waals surface area contributed by atoms with Gasteiger partial charge in [0, 0.05) is 24.5 Å². The number of carbonyl (C=O) groups excluding carboxylic acids is 1. The third-order valence-electron chi connectivity index (χ3n) is 5.08. The normalized spacial score (nSPS) is 14.9. The summed E-state index contributed by atoms with van der Waals surface area (Å²) in [5.41, 5.74) is 3.48. The molecule has 2 aromatic rings. The highest BCUT2D eigenvalue weighted by molar-refractivity contribution is 7.89. The first-order valence-corrected chi connectivity index (χ1v) is 11.1. The second kappa shape index (κ2) is 9.46. The van der Waals surface area contributed by atoms with Crippen LogP contribution in [0.3, 0.4) is 0 Å². The molecule has 1 amide bonds. The van der Waals surface area contributed by atoms with Crippen LogP contribution in [0.2, 0.25) is 0 Å². The number of ether oxygens (including phenoxy) is 2. The van der Waals surface area contributed by atoms with Crippen molar-refractivity contribution in [2.75, 3.05) is 50.6 Å². The van der Waals surface area contributed by atoms with E-state index in [1.54, 1.807) is 12.1 Å². The predicted octanol–water partition coefficient (Wildman–Crippen LogP) is 2.38. The van der Waals surface area contributed by atoms with Gasteiger partial charge in [0.15, 0.2) is 0 Å². The maximum absolute atomic E-state index is 13.1. The van der Waals surface area contributed by atoms with E-state index in [0.29, 0.717) is 18.9 Å². The number of nitrogens with one attached hydrogen (secondary N) is 2. The van der Waals surface area contributed by atoms with Crippen LogP contribution in [-0.4, -0.2) is 58.6 Å². The molecular formula is C21H27N3O5S. The largest absolute Gasteiger partial charge is 0.495 e. The van der Waals surface area contributed by atoms with Crippen molar-refractivity contribution in [3.05, 3.63) is 47.5 Å². The number of carbonyl (C=O) groups is 1. The van der Waals surface area contributed by atoms with Gasteiger partial charge in [-0.3, -0.25) is 4.79 Å². The van der Waals surface area contributed by atoms with Gasteiger partial charge in [0.2, 0.25) is 15.9 Å². The molecule has 9 heteroatoms. The van der Waals surface area contributed by atoms with Gasteiger partial charge in [-0.25, -0.2) is 8.42 Å². The number of hydrogen-bond acceptors (Lipinski definition) is 6. The summed E-state index contributed by atoms with van der Waals surface area (Å²) in [7, 11) is -2.35. The molecule has 0 aliphatic carbocycles. The number of rotatable bonds is 7. The molecule has 0 saturated carbocycles. The molecule has 1 aliphatic rings. The highest BCUT2D eigenvalue weighted by atomic mass is 32.2. The zero-order chi connectivity index (χ0) is 21.7. The SMILES string of the molecule is COc1ccc(NC(=O)CNc2cccc(C)c2C)cc1S(=O)(=O)N1CCOCC1. The molecular weight excluding hydrogens is 406 g/mol. The summed E-state index contributed by atoms with van der Waals surface area (Å²) in [4.78, 5) is 12.4. The van der Waals surface area contributed by atoms with Gasteiger partial charge in [-0.05, 0) is 49.2 Å². The first kappa shape index (κ1) is 22.1. The minimum absolute atomic E-state index is 0.0205. The molecule has 1 aliphatic heterocycles. The van der Waals surface area contributed by atoms with Gasteiger partial charge in [-0.2, -0.15) is 4.31 Å². The minimum Gasteiger partial charge on any atom is -0.495 e. The summed E-state index contributed by atoms with van der Waals surface area (Å²) < 4.78 is 38.0. The van der Waals surface area contributed by atoms with Gasteiger partial charge < -0.3 is 20.1 Å². The molecule has 162 valence electrons. The maximum Gasteiger partial charge on any atom is 0.246 e. The van der Waals surface area contributed by atoms with E-state index in [9.17, 15) is 13.2 Å². The summed E-state index contributed by atoms with van der Waals surface area (Å²) in [5, 5.41) is 5.86. The van der Waals surface area contributed by atoms with E-state index < -0.39 is 10.0 Å². The van der Waals surface area contributed by atoms with Crippen LogP contribution in [-0.2, 0) is 19.6 Å². The van der Waals surface area contributed by atoms with Crippen LogP contribution in [0.25, 0.3) is 0 Å². The molecule has 0 unspecified atom stereocenters. The van der Waals surface area contributed by atoms with E-state index >= 15 is 0 Å². The van der Waals surface area contributed by atoms with E-state index in [4.69, 9.17) is 9.47 Å². The van der Waals surface area contributed by atoms with Crippen LogP contribution >= 0.6 is 0 Å². The molecule has 0 aromatic heterocycles. The van der Waals surface area contributed by atoms with E-state index in [2.05, 4.69) is 10.6 Å². The van der Waals surface area contributed by atoms with Gasteiger partial charge in [-0.1, -0.05) is 12.1 Å². The number of benzene rings is 2. The van der Waals surface area contributed by atoms with Crippen LogP contribution in [0.4, 0.5) is 11.4 Å². The molecule has 3 rings (SSSR count). The van der Waals surface area contributed by atoms with Crippen molar-refractivity contribution in [3.8, 4) is 5.75 Å². The van der Waals surface area contributed by atoms with Crippen LogP contribution in [0.15, 0.2) is 41.3 Å². The number of sulfonamides is 1. The molecule has 30 heavy (non-hydrogen) atoms. The third kappa shape index (κ3) is 4.92. The Hall–Kier alpha value is -2.62. The first-order valence-electron chi connectivity index (χ1n) is 9.69. The second-order valence-electron chi connectivity index (χ2n) is 7.03. The lowest BCUT2D eigenvalue weighted by Gasteiger charge is -2.26. The first-order chi connectivity index (χ1) is 14.3. The Morgan fingerprint density at radius 2 is 1.90 bits per heavy atom. The fourth-order valence-electron chi connectivity index (χ4n) is 3.21. The molecule has 2 N–H and O–H groups in total. The fraction of sp³-hybridized carbons (Fsp3) is 0.381. The fourth-order valence-corrected chi connectivity index (χ4v) is 4.79. The molecule has 0 spiro atoms. The van der Waals surface area contributed by atoms with Crippen LogP contribution in [0.1, 0.15) is 11.1 Å². The van der Waals surface area contributed by atoms with Crippen molar-refractivity contribution in [1.29, 1.82) is 0 Å². The Morgan fingerprint density at radius 3 is 2.60 bits per heavy atom. The number of amides is 1. The molecule has 8 nitrogen and oxygen atoms in total. The van der Waals surface area contributed by atoms with E-state index in [-0.39, 0.29) is 36.2 Å². The maximum atomic E-state index is 13.1. The molecule has 1 fully saturated rings. The molecule has 1 heterocycles. The summed E-state index contributed by atoms with van der Waals surface area (Å²) in [6.45, 7) is 5.31. The Balaban J connectivity index is 1.74. The molecule has 0 atom stereocenters. The quantitative estimate of drug-likeness (QED) is 0.696. The molecule has 2 aromatic carbocycles. The number of methoxy groups -OCH3 is 1. The second-order valence-corrected chi connectivity index (χ2v) is 8.94. The van der Waals surface area contributed by atoms with Crippen molar-refractivity contribution in [1.82, 2.24) is 4.31 Å². The Morgan fingerprint density at radius 1 is 1.17 bits per heavy atom. The Labute approximate surface area is 177 Å². The summed E-state index contributed by atoms with van der Waals surface area (Å²) in [5.74, 6) is -0.0520. The lowest BCUT2D eigenvalue weighted by atomic mass is 10.1. The van der Waals surface area contributed by atoms with Crippen molar-refractivity contribution in [2.24, 2.45) is 0 Å². The van der Waals surface area contributed by atoms with Gasteiger partial charge in [0.05, 0.1) is 26.9 Å². The Bertz CT molecular complexity index is 1020. The smallest absolute Gasteiger partial charge is 0.246 e. The van der Waals surface area contributed by atoms with Crippen LogP contribution in [0, 0.1) is 13.8 Å². The zero-order valence-corrected chi connectivity index (χ0v) is 18.2. The highest BCUT2D eigenvalue weighted by Gasteiger charge is 2.29. The van der Waals surface area contributed by atoms with Crippen molar-refractivity contribution in [2.45, 2.75) is 18.7 Å². The van der Waals surface area contributed by atoms with Crippen molar-refractivity contribution in [3.63, 3.8) is 0 Å². The Kier molecular flexibility index (Phi) is 6.96. The molecule has 0 radical (unpaired) electrons. The van der Waals surface area contributed by atoms with Crippen LogP contribution < -0.4 is 15.4 Å². The van der Waals surface area contributed by atoms with E-state index in [1.807, 2.05) is 32.0 Å². The number of anilines is 2. The highest BCUT2D eigenvalue weighted by Crippen LogP contribution is 2.30. The number of hydrogen-bond donors (Lipinski definition) is 2. The number of morpholine rings is 1. The third-order valence-corrected chi connectivity index (χ3v) is 7.00. The van der Waals surface area contributed by atoms with Crippen molar-refractivity contribution < 1.29 is 22.7 Å². The average Bonchev–Trinajstić information content (AvgIpc) is 2.75. The van der Waals surface area contributed by atoms with Crippen LogP contribution in [0.5, 0.6) is 5.75 Å². The summed E-state index contributed by atoms with van der Waals surface area (Å²) in [6.07, 6.45) is 0.